The van der Waals surface area contributed by atoms with E-state index in [0.29, 0.717) is 11.5 Å². The number of ketones is 1. The van der Waals surface area contributed by atoms with E-state index >= 15 is 0 Å². The highest BCUT2D eigenvalue weighted by Crippen LogP contribution is 3.10. The number of methoxy groups -OCH3 is 2. The van der Waals surface area contributed by atoms with Gasteiger partial charge in [-0.15, -0.1) is 0 Å². The van der Waals surface area contributed by atoms with Gasteiger partial charge in [0.2, 0.25) is 5.89 Å². The van der Waals surface area contributed by atoms with Crippen molar-refractivity contribution in [1.29, 1.82) is 0 Å². The van der Waals surface area contributed by atoms with Crippen LogP contribution < -0.4 is 0 Å². The number of nitrogens with zero attached hydrogens (tertiary/aromatic N) is 1. The molecule has 6 saturated carbocycles. The summed E-state index contributed by atoms with van der Waals surface area (Å²) >= 11 is 6.12. The van der Waals surface area contributed by atoms with Crippen LogP contribution in [0, 0.1) is 46.7 Å². The molecule has 0 atom stereocenters. The third-order valence-corrected chi connectivity index (χ3v) is 9.53. The van der Waals surface area contributed by atoms with E-state index in [1.54, 1.807) is 0 Å². The van der Waals surface area contributed by atoms with Gasteiger partial charge in [-0.25, -0.2) is 19.0 Å². The SMILES string of the molecule is COC(=O)C(=Cc1ccc(F)cc1Cl)C(=O)C12C3C4C1C1C2C3C41c1nc(C(=O)OC)co1. The van der Waals surface area contributed by atoms with Crippen molar-refractivity contribution in [3.8, 4) is 0 Å². The van der Waals surface area contributed by atoms with Crippen LogP contribution in [0.2, 0.25) is 5.02 Å². The van der Waals surface area contributed by atoms with Crippen LogP contribution in [-0.2, 0) is 24.5 Å². The number of carbonyl (C=O) groups excluding carboxylic acids is 3. The molecule has 0 aliphatic heterocycles. The molecule has 6 aliphatic carbocycles. The Balaban J connectivity index is 1.19. The fraction of sp³-hybridized carbons (Fsp3) is 0.417. The Morgan fingerprint density at radius 1 is 1.09 bits per heavy atom. The molecule has 9 heteroatoms. The van der Waals surface area contributed by atoms with Crippen molar-refractivity contribution in [1.82, 2.24) is 4.98 Å². The van der Waals surface area contributed by atoms with Crippen LogP contribution in [0.1, 0.15) is 21.9 Å². The Hall–Kier alpha value is -3.00. The predicted molar refractivity (Wildman–Crippen MR) is 109 cm³/mol. The zero-order valence-electron chi connectivity index (χ0n) is 17.5. The molecule has 0 bridgehead atoms. The molecule has 8 rings (SSSR count). The summed E-state index contributed by atoms with van der Waals surface area (Å²) in [5.74, 6) is -0.0577. The Morgan fingerprint density at radius 2 is 1.76 bits per heavy atom. The summed E-state index contributed by atoms with van der Waals surface area (Å²) < 4.78 is 28.7. The maximum Gasteiger partial charge on any atom is 0.360 e. The zero-order chi connectivity index (χ0) is 23.0. The van der Waals surface area contributed by atoms with E-state index < -0.39 is 23.2 Å². The van der Waals surface area contributed by atoms with Crippen LogP contribution in [0.3, 0.4) is 0 Å². The van der Waals surface area contributed by atoms with Gasteiger partial charge in [0.05, 0.1) is 24.7 Å². The molecule has 1 aromatic heterocycles. The summed E-state index contributed by atoms with van der Waals surface area (Å²) in [5.41, 5.74) is -0.232. The number of hydrogen-bond acceptors (Lipinski definition) is 7. The normalized spacial score (nSPS) is 39.7. The first-order valence-corrected chi connectivity index (χ1v) is 11.1. The number of benzene rings is 1. The third-order valence-electron chi connectivity index (χ3n) is 9.21. The number of ether oxygens (including phenoxy) is 2. The van der Waals surface area contributed by atoms with Crippen molar-refractivity contribution >= 4 is 35.4 Å². The van der Waals surface area contributed by atoms with Crippen LogP contribution in [0.15, 0.2) is 34.5 Å². The van der Waals surface area contributed by atoms with Crippen molar-refractivity contribution in [2.24, 2.45) is 40.9 Å². The quantitative estimate of drug-likeness (QED) is 0.277. The molecule has 7 nitrogen and oxygen atoms in total. The lowest BCUT2D eigenvalue weighted by Crippen LogP contribution is -3.12. The first kappa shape index (κ1) is 19.5. The number of Topliss-reactive ketones (excluding diaryl/α,β-unsaturated/α-hetero) is 1. The summed E-state index contributed by atoms with van der Waals surface area (Å²) in [7, 11) is 2.52. The molecule has 6 aliphatic rings. The number of oxazole rings is 1. The van der Waals surface area contributed by atoms with E-state index in [1.165, 1.54) is 38.7 Å². The van der Waals surface area contributed by atoms with Gasteiger partial charge in [0.1, 0.15) is 17.7 Å². The first-order valence-electron chi connectivity index (χ1n) is 10.7. The number of halogens is 2. The van der Waals surface area contributed by atoms with E-state index in [2.05, 4.69) is 4.98 Å². The largest absolute Gasteiger partial charge is 0.465 e. The number of carbonyl (C=O) groups is 3. The summed E-state index contributed by atoms with van der Waals surface area (Å²) in [6.45, 7) is 0. The number of aromatic nitrogens is 1. The molecule has 0 amide bonds. The van der Waals surface area contributed by atoms with Crippen molar-refractivity contribution in [3.05, 3.63) is 58.0 Å². The molecular formula is C24H17ClFNO6. The highest BCUT2D eigenvalue weighted by molar-refractivity contribution is 6.33. The van der Waals surface area contributed by atoms with E-state index in [9.17, 15) is 18.8 Å². The number of rotatable bonds is 6. The molecule has 0 unspecified atom stereocenters. The second kappa shape index (κ2) is 5.73. The molecule has 168 valence electrons. The minimum atomic E-state index is -0.723. The van der Waals surface area contributed by atoms with Crippen molar-refractivity contribution in [3.63, 3.8) is 0 Å². The minimum Gasteiger partial charge on any atom is -0.465 e. The summed E-state index contributed by atoms with van der Waals surface area (Å²) in [6.07, 6.45) is 2.73. The standard InChI is InChI=1S/C24H17ClFNO6/c1-31-20(29)10(5-8-3-4-9(26)6-11(8)25)19(28)23-13-16-14(23)18-15(23)17(13)24(16,18)22-27-12(7-33-22)21(30)32-2/h3-7,13-18H,1-2H3. The van der Waals surface area contributed by atoms with Gasteiger partial charge in [0, 0.05) is 5.41 Å². The second-order valence-electron chi connectivity index (χ2n) is 9.59. The lowest BCUT2D eigenvalue weighted by atomic mass is 8.92. The molecule has 0 saturated heterocycles. The monoisotopic (exact) mass is 469 g/mol. The van der Waals surface area contributed by atoms with Crippen molar-refractivity contribution in [2.75, 3.05) is 14.2 Å². The molecule has 1 aromatic carbocycles. The highest BCUT2D eigenvalue weighted by Gasteiger charge is 3.12. The Bertz CT molecular complexity index is 1290. The smallest absolute Gasteiger partial charge is 0.360 e. The first-order chi connectivity index (χ1) is 15.8. The molecule has 0 N–H and O–H groups in total. The van der Waals surface area contributed by atoms with Gasteiger partial charge in [0.15, 0.2) is 11.5 Å². The van der Waals surface area contributed by atoms with Gasteiger partial charge < -0.3 is 13.9 Å². The maximum absolute atomic E-state index is 13.7. The molecular weight excluding hydrogens is 453 g/mol. The summed E-state index contributed by atoms with van der Waals surface area (Å²) in [6, 6.07) is 3.80. The Morgan fingerprint density at radius 3 is 2.33 bits per heavy atom. The minimum absolute atomic E-state index is 0.0557. The number of esters is 2. The molecule has 2 aromatic rings. The van der Waals surface area contributed by atoms with E-state index in [0.717, 1.165) is 6.07 Å². The second-order valence-corrected chi connectivity index (χ2v) is 10.0. The van der Waals surface area contributed by atoms with E-state index in [1.807, 2.05) is 0 Å². The van der Waals surface area contributed by atoms with Crippen LogP contribution in [0.4, 0.5) is 4.39 Å². The summed E-state index contributed by atoms with van der Waals surface area (Å²) in [5, 5.41) is 0.114. The van der Waals surface area contributed by atoms with Gasteiger partial charge >= 0.3 is 11.9 Å². The van der Waals surface area contributed by atoms with E-state index in [-0.39, 0.29) is 63.0 Å². The number of hydrogen-bond donors (Lipinski definition) is 0. The van der Waals surface area contributed by atoms with E-state index in [4.69, 9.17) is 25.5 Å². The van der Waals surface area contributed by atoms with Crippen LogP contribution >= 0.6 is 11.6 Å². The van der Waals surface area contributed by atoms with Gasteiger partial charge in [-0.05, 0) is 59.3 Å². The van der Waals surface area contributed by atoms with Crippen molar-refractivity contribution < 1.29 is 32.7 Å². The van der Waals surface area contributed by atoms with Gasteiger partial charge in [-0.2, -0.15) is 0 Å². The zero-order valence-corrected chi connectivity index (χ0v) is 18.3. The fourth-order valence-corrected chi connectivity index (χ4v) is 8.64. The lowest BCUT2D eigenvalue weighted by molar-refractivity contribution is -0.613. The van der Waals surface area contributed by atoms with Crippen LogP contribution in [0.25, 0.3) is 6.08 Å². The molecule has 1 heterocycles. The highest BCUT2D eigenvalue weighted by atomic mass is 35.5. The molecule has 0 radical (unpaired) electrons. The maximum atomic E-state index is 13.7. The Labute approximate surface area is 191 Å². The van der Waals surface area contributed by atoms with Gasteiger partial charge in [0.25, 0.3) is 0 Å². The molecule has 0 spiro atoms. The topological polar surface area (TPSA) is 95.7 Å². The van der Waals surface area contributed by atoms with Crippen LogP contribution in [0.5, 0.6) is 0 Å². The average Bonchev–Trinajstić information content (AvgIpc) is 3.32. The third kappa shape index (κ3) is 1.72. The van der Waals surface area contributed by atoms with Crippen LogP contribution in [-0.4, -0.2) is 36.9 Å². The van der Waals surface area contributed by atoms with Gasteiger partial charge in [-0.3, -0.25) is 4.79 Å². The fourth-order valence-electron chi connectivity index (χ4n) is 8.41. The lowest BCUT2D eigenvalue weighted by Gasteiger charge is -3.09. The van der Waals surface area contributed by atoms with Crippen molar-refractivity contribution in [2.45, 2.75) is 5.41 Å². The summed E-state index contributed by atoms with van der Waals surface area (Å²) in [4.78, 5) is 42.4. The molecule has 6 fully saturated rings. The predicted octanol–water partition coefficient (Wildman–Crippen LogP) is 3.07. The van der Waals surface area contributed by atoms with Gasteiger partial charge in [-0.1, -0.05) is 17.7 Å². The Kier molecular flexibility index (Phi) is 3.38. The average molecular weight is 470 g/mol. The molecule has 33 heavy (non-hydrogen) atoms.